The standard InChI is InChI=1S/C18H19N3O3S/c1-21(18(24)15-5-3-9-25-15)11-17(23)19-13-7-8-14-12(10-13)4-2-6-16(22)20-14/h3,5,7-10H,2,4,6,11H2,1H3,(H,19,23)(H,20,22). The van der Waals surface area contributed by atoms with E-state index in [1.165, 1.54) is 16.2 Å². The third-order valence-electron chi connectivity index (χ3n) is 3.97. The molecule has 2 N–H and O–H groups in total. The SMILES string of the molecule is CN(CC(=O)Nc1ccc2c(c1)CCCC(=O)N2)C(=O)c1cccs1. The maximum absolute atomic E-state index is 12.2. The van der Waals surface area contributed by atoms with E-state index in [9.17, 15) is 14.4 Å². The van der Waals surface area contributed by atoms with Gasteiger partial charge in [-0.3, -0.25) is 14.4 Å². The minimum absolute atomic E-state index is 0.0178. The average molecular weight is 357 g/mol. The average Bonchev–Trinajstić information content (AvgIpc) is 3.04. The Bertz CT molecular complexity index is 802. The van der Waals surface area contributed by atoms with Crippen LogP contribution < -0.4 is 10.6 Å². The first kappa shape index (κ1) is 17.2. The summed E-state index contributed by atoms with van der Waals surface area (Å²) in [6.07, 6.45) is 2.08. The number of anilines is 2. The highest BCUT2D eigenvalue weighted by atomic mass is 32.1. The zero-order valence-electron chi connectivity index (χ0n) is 13.9. The fraction of sp³-hybridized carbons (Fsp3) is 0.278. The molecule has 0 unspecified atom stereocenters. The number of amides is 3. The molecular weight excluding hydrogens is 338 g/mol. The zero-order valence-corrected chi connectivity index (χ0v) is 14.7. The molecule has 25 heavy (non-hydrogen) atoms. The summed E-state index contributed by atoms with van der Waals surface area (Å²) >= 11 is 1.35. The summed E-state index contributed by atoms with van der Waals surface area (Å²) in [4.78, 5) is 38.0. The van der Waals surface area contributed by atoms with Crippen LogP contribution in [0.5, 0.6) is 0 Å². The maximum atomic E-state index is 12.2. The van der Waals surface area contributed by atoms with Crippen LogP contribution in [-0.4, -0.2) is 36.2 Å². The van der Waals surface area contributed by atoms with Gasteiger partial charge in [0.25, 0.3) is 5.91 Å². The molecule has 3 amide bonds. The molecule has 0 fully saturated rings. The van der Waals surface area contributed by atoms with Crippen LogP contribution in [0.4, 0.5) is 11.4 Å². The van der Waals surface area contributed by atoms with Crippen LogP contribution in [-0.2, 0) is 16.0 Å². The van der Waals surface area contributed by atoms with Crippen molar-refractivity contribution in [3.05, 3.63) is 46.2 Å². The highest BCUT2D eigenvalue weighted by Gasteiger charge is 2.17. The molecule has 1 aliphatic rings. The summed E-state index contributed by atoms with van der Waals surface area (Å²) in [5.74, 6) is -0.413. The summed E-state index contributed by atoms with van der Waals surface area (Å²) < 4.78 is 0. The van der Waals surface area contributed by atoms with Crippen molar-refractivity contribution in [2.75, 3.05) is 24.2 Å². The van der Waals surface area contributed by atoms with Crippen LogP contribution in [0.2, 0.25) is 0 Å². The van der Waals surface area contributed by atoms with Crippen molar-refractivity contribution in [3.8, 4) is 0 Å². The second-order valence-electron chi connectivity index (χ2n) is 5.96. The third kappa shape index (κ3) is 4.24. The number of hydrogen-bond donors (Lipinski definition) is 2. The van der Waals surface area contributed by atoms with Crippen molar-refractivity contribution in [1.82, 2.24) is 4.90 Å². The Hall–Kier alpha value is -2.67. The lowest BCUT2D eigenvalue weighted by atomic mass is 10.1. The van der Waals surface area contributed by atoms with E-state index in [0.29, 0.717) is 17.0 Å². The number of aryl methyl sites for hydroxylation is 1. The van der Waals surface area contributed by atoms with Gasteiger partial charge in [0.05, 0.1) is 11.4 Å². The van der Waals surface area contributed by atoms with Gasteiger partial charge in [-0.1, -0.05) is 6.07 Å². The molecule has 0 bridgehead atoms. The van der Waals surface area contributed by atoms with Crippen molar-refractivity contribution in [2.45, 2.75) is 19.3 Å². The number of rotatable bonds is 4. The lowest BCUT2D eigenvalue weighted by Crippen LogP contribution is -2.34. The molecule has 0 atom stereocenters. The highest BCUT2D eigenvalue weighted by molar-refractivity contribution is 7.12. The van der Waals surface area contributed by atoms with Crippen molar-refractivity contribution >= 4 is 40.4 Å². The second-order valence-corrected chi connectivity index (χ2v) is 6.91. The summed E-state index contributed by atoms with van der Waals surface area (Å²) in [6, 6.07) is 8.97. The van der Waals surface area contributed by atoms with E-state index in [1.54, 1.807) is 31.3 Å². The summed E-state index contributed by atoms with van der Waals surface area (Å²) in [6.45, 7) is -0.0233. The van der Waals surface area contributed by atoms with Gasteiger partial charge in [-0.15, -0.1) is 11.3 Å². The molecule has 0 spiro atoms. The molecular formula is C18H19N3O3S. The number of carbonyl (C=O) groups excluding carboxylic acids is 3. The van der Waals surface area contributed by atoms with Crippen LogP contribution in [0.25, 0.3) is 0 Å². The minimum atomic E-state index is -0.259. The second kappa shape index (κ2) is 7.48. The van der Waals surface area contributed by atoms with Gasteiger partial charge in [0, 0.05) is 24.8 Å². The molecule has 130 valence electrons. The molecule has 7 heteroatoms. The third-order valence-corrected chi connectivity index (χ3v) is 4.83. The Balaban J connectivity index is 1.62. The molecule has 1 aliphatic heterocycles. The number of nitrogens with zero attached hydrogens (tertiary/aromatic N) is 1. The van der Waals surface area contributed by atoms with Crippen LogP contribution in [0.1, 0.15) is 28.1 Å². The van der Waals surface area contributed by atoms with Crippen molar-refractivity contribution in [2.24, 2.45) is 0 Å². The largest absolute Gasteiger partial charge is 0.332 e. The smallest absolute Gasteiger partial charge is 0.264 e. The number of fused-ring (bicyclic) bond motifs is 1. The predicted molar refractivity (Wildman–Crippen MR) is 97.9 cm³/mol. The monoisotopic (exact) mass is 357 g/mol. The van der Waals surface area contributed by atoms with Gasteiger partial charge in [0.2, 0.25) is 11.8 Å². The van der Waals surface area contributed by atoms with E-state index < -0.39 is 0 Å². The Morgan fingerprint density at radius 1 is 1.28 bits per heavy atom. The van der Waals surface area contributed by atoms with Gasteiger partial charge in [-0.2, -0.15) is 0 Å². The van der Waals surface area contributed by atoms with Crippen LogP contribution in [0.3, 0.4) is 0 Å². The summed E-state index contributed by atoms with van der Waals surface area (Å²) in [7, 11) is 1.61. The van der Waals surface area contributed by atoms with Crippen molar-refractivity contribution in [3.63, 3.8) is 0 Å². The fourth-order valence-electron chi connectivity index (χ4n) is 2.73. The Morgan fingerprint density at radius 2 is 2.12 bits per heavy atom. The fourth-order valence-corrected chi connectivity index (χ4v) is 3.45. The number of carbonyl (C=O) groups is 3. The molecule has 0 radical (unpaired) electrons. The number of likely N-dealkylation sites (N-methyl/N-ethyl adjacent to an activating group) is 1. The van der Waals surface area contributed by atoms with Gasteiger partial charge in [-0.25, -0.2) is 0 Å². The Labute approximate surface area is 149 Å². The normalized spacial score (nSPS) is 13.4. The molecule has 1 aromatic carbocycles. The van der Waals surface area contributed by atoms with Gasteiger partial charge in [0.1, 0.15) is 0 Å². The minimum Gasteiger partial charge on any atom is -0.332 e. The molecule has 2 aromatic rings. The molecule has 0 saturated carbocycles. The molecule has 6 nitrogen and oxygen atoms in total. The first-order valence-corrected chi connectivity index (χ1v) is 8.92. The number of nitrogens with one attached hydrogen (secondary N) is 2. The number of thiophene rings is 1. The summed E-state index contributed by atoms with van der Waals surface area (Å²) in [5, 5.41) is 7.50. The van der Waals surface area contributed by atoms with E-state index in [4.69, 9.17) is 0 Å². The predicted octanol–water partition coefficient (Wildman–Crippen LogP) is 2.73. The van der Waals surface area contributed by atoms with Gasteiger partial charge in [0.15, 0.2) is 0 Å². The highest BCUT2D eigenvalue weighted by Crippen LogP contribution is 2.25. The first-order chi connectivity index (χ1) is 12.0. The quantitative estimate of drug-likeness (QED) is 0.883. The Morgan fingerprint density at radius 3 is 2.88 bits per heavy atom. The van der Waals surface area contributed by atoms with E-state index in [1.807, 2.05) is 11.4 Å². The van der Waals surface area contributed by atoms with Gasteiger partial charge < -0.3 is 15.5 Å². The van der Waals surface area contributed by atoms with E-state index in [2.05, 4.69) is 10.6 Å². The maximum Gasteiger partial charge on any atom is 0.264 e. The lowest BCUT2D eigenvalue weighted by Gasteiger charge is -2.16. The van der Waals surface area contributed by atoms with E-state index >= 15 is 0 Å². The van der Waals surface area contributed by atoms with Gasteiger partial charge >= 0.3 is 0 Å². The lowest BCUT2D eigenvalue weighted by molar-refractivity contribution is -0.117. The van der Waals surface area contributed by atoms with Crippen LogP contribution in [0.15, 0.2) is 35.7 Å². The topological polar surface area (TPSA) is 78.5 Å². The molecule has 3 rings (SSSR count). The zero-order chi connectivity index (χ0) is 17.8. The molecule has 2 heterocycles. The van der Waals surface area contributed by atoms with E-state index in [-0.39, 0.29) is 24.3 Å². The molecule has 0 aliphatic carbocycles. The van der Waals surface area contributed by atoms with Crippen molar-refractivity contribution < 1.29 is 14.4 Å². The number of benzene rings is 1. The van der Waals surface area contributed by atoms with Crippen LogP contribution >= 0.6 is 11.3 Å². The molecule has 1 aromatic heterocycles. The van der Waals surface area contributed by atoms with E-state index in [0.717, 1.165) is 24.1 Å². The molecule has 0 saturated heterocycles. The van der Waals surface area contributed by atoms with Gasteiger partial charge in [-0.05, 0) is 48.1 Å². The van der Waals surface area contributed by atoms with Crippen LogP contribution in [0, 0.1) is 0 Å². The summed E-state index contributed by atoms with van der Waals surface area (Å²) in [5.41, 5.74) is 2.47. The first-order valence-electron chi connectivity index (χ1n) is 8.04. The number of hydrogen-bond acceptors (Lipinski definition) is 4. The Kier molecular flexibility index (Phi) is 5.14. The van der Waals surface area contributed by atoms with Crippen molar-refractivity contribution in [1.29, 1.82) is 0 Å².